The Labute approximate surface area is 184 Å². The van der Waals surface area contributed by atoms with Gasteiger partial charge in [-0.2, -0.15) is 0 Å². The van der Waals surface area contributed by atoms with Gasteiger partial charge in [0.25, 0.3) is 0 Å². The number of amides is 2. The van der Waals surface area contributed by atoms with Gasteiger partial charge in [-0.25, -0.2) is 9.64 Å². The zero-order valence-electron chi connectivity index (χ0n) is 16.0. The highest BCUT2D eigenvalue weighted by atomic mass is 35.5. The average molecular weight is 438 g/mol. The zero-order chi connectivity index (χ0) is 21.5. The van der Waals surface area contributed by atoms with Gasteiger partial charge < -0.3 is 5.11 Å². The van der Waals surface area contributed by atoms with E-state index in [1.807, 2.05) is 0 Å². The molecule has 0 aromatic heterocycles. The molecule has 30 heavy (non-hydrogen) atoms. The molecular weight excluding hydrogens is 421 g/mol. The Morgan fingerprint density at radius 3 is 2.10 bits per heavy atom. The van der Waals surface area contributed by atoms with Crippen LogP contribution in [0.15, 0.2) is 72.8 Å². The van der Waals surface area contributed by atoms with E-state index in [1.54, 1.807) is 79.7 Å². The monoisotopic (exact) mass is 437 g/mol. The Morgan fingerprint density at radius 1 is 0.967 bits per heavy atom. The number of carbonyl (C=O) groups is 1. The topological polar surface area (TPSA) is 48.1 Å². The van der Waals surface area contributed by atoms with Crippen LogP contribution in [0.4, 0.5) is 21.9 Å². The quantitative estimate of drug-likeness (QED) is 0.494. The summed E-state index contributed by atoms with van der Waals surface area (Å²) in [4.78, 5) is 19.9. The van der Waals surface area contributed by atoms with Gasteiger partial charge in [0, 0.05) is 21.4 Å². The summed E-state index contributed by atoms with van der Waals surface area (Å²) in [6.45, 7) is 9.09. The number of halogens is 2. The molecular formula is C23H17Cl2N3O2. The fraction of sp³-hybridized carbons (Fsp3) is 0.130. The molecule has 1 saturated heterocycles. The van der Waals surface area contributed by atoms with Crippen molar-refractivity contribution in [1.82, 2.24) is 0 Å². The molecule has 0 aliphatic carbocycles. The molecule has 0 radical (unpaired) electrons. The van der Waals surface area contributed by atoms with Gasteiger partial charge in [-0.1, -0.05) is 41.4 Å². The molecule has 0 spiro atoms. The summed E-state index contributed by atoms with van der Waals surface area (Å²) in [5.41, 5.74) is 0.201. The minimum Gasteiger partial charge on any atom is -0.365 e. The van der Waals surface area contributed by atoms with E-state index in [-0.39, 0.29) is 0 Å². The predicted molar refractivity (Wildman–Crippen MR) is 119 cm³/mol. The van der Waals surface area contributed by atoms with E-state index in [0.29, 0.717) is 32.7 Å². The highest BCUT2D eigenvalue weighted by Gasteiger charge is 2.56. The summed E-state index contributed by atoms with van der Waals surface area (Å²) >= 11 is 12.0. The number of rotatable bonds is 3. The molecule has 1 aliphatic heterocycles. The summed E-state index contributed by atoms with van der Waals surface area (Å²) in [6.07, 6.45) is 0. The Bertz CT molecular complexity index is 1140. The SMILES string of the molecule is [C-]#[N+]c1cccc(C2(O)C(C)N(c3ccc(Cl)cc3)C(=O)N2c2ccc(Cl)cc2)c1. The first-order valence-corrected chi connectivity index (χ1v) is 9.97. The number of nitrogens with zero attached hydrogens (tertiary/aromatic N) is 3. The maximum atomic E-state index is 13.6. The molecule has 7 heteroatoms. The third kappa shape index (κ3) is 3.20. The van der Waals surface area contributed by atoms with Crippen molar-refractivity contribution in [3.63, 3.8) is 0 Å². The number of hydrogen-bond donors (Lipinski definition) is 1. The van der Waals surface area contributed by atoms with E-state index in [2.05, 4.69) is 4.85 Å². The van der Waals surface area contributed by atoms with Crippen molar-refractivity contribution in [3.05, 3.63) is 99.8 Å². The third-order valence-electron chi connectivity index (χ3n) is 5.30. The molecule has 4 rings (SSSR count). The first-order chi connectivity index (χ1) is 14.4. The van der Waals surface area contributed by atoms with E-state index >= 15 is 0 Å². The Balaban J connectivity index is 1.91. The standard InChI is InChI=1S/C23H17Cl2N3O2/c1-15-23(30,16-4-3-5-19(14-16)26-2)28(21-12-8-18(25)9-13-21)22(29)27(15)20-10-6-17(24)7-11-20/h3-15,30H,1H3. The Morgan fingerprint density at radius 2 is 1.53 bits per heavy atom. The zero-order valence-corrected chi connectivity index (χ0v) is 17.5. The molecule has 0 saturated carbocycles. The molecule has 150 valence electrons. The van der Waals surface area contributed by atoms with Gasteiger partial charge in [0.2, 0.25) is 0 Å². The fourth-order valence-corrected chi connectivity index (χ4v) is 4.05. The first-order valence-electron chi connectivity index (χ1n) is 9.21. The van der Waals surface area contributed by atoms with Crippen molar-refractivity contribution in [1.29, 1.82) is 0 Å². The highest BCUT2D eigenvalue weighted by Crippen LogP contribution is 2.45. The van der Waals surface area contributed by atoms with Crippen molar-refractivity contribution in [2.24, 2.45) is 0 Å². The minimum absolute atomic E-state index is 0.376. The first kappa shape index (κ1) is 20.2. The number of carbonyl (C=O) groups excluding carboxylic acids is 1. The van der Waals surface area contributed by atoms with Crippen LogP contribution >= 0.6 is 23.2 Å². The van der Waals surface area contributed by atoms with Gasteiger partial charge in [0.05, 0.1) is 12.6 Å². The average Bonchev–Trinajstić information content (AvgIpc) is 2.96. The Kier molecular flexibility index (Phi) is 5.17. The molecule has 1 fully saturated rings. The summed E-state index contributed by atoms with van der Waals surface area (Å²) in [5.74, 6) is 0. The van der Waals surface area contributed by atoms with E-state index < -0.39 is 17.8 Å². The predicted octanol–water partition coefficient (Wildman–Crippen LogP) is 6.22. The second-order valence-corrected chi connectivity index (χ2v) is 7.88. The lowest BCUT2D eigenvalue weighted by Crippen LogP contribution is -2.48. The number of hydrogen-bond acceptors (Lipinski definition) is 2. The summed E-state index contributed by atoms with van der Waals surface area (Å²) in [5, 5.41) is 13.1. The largest absolute Gasteiger partial charge is 0.365 e. The minimum atomic E-state index is -1.72. The molecule has 1 aliphatic rings. The molecule has 3 aromatic rings. The van der Waals surface area contributed by atoms with Crippen LogP contribution in [0.1, 0.15) is 12.5 Å². The highest BCUT2D eigenvalue weighted by molar-refractivity contribution is 6.31. The molecule has 3 aromatic carbocycles. The molecule has 2 atom stereocenters. The second-order valence-electron chi connectivity index (χ2n) is 7.01. The third-order valence-corrected chi connectivity index (χ3v) is 5.80. The summed E-state index contributed by atoms with van der Waals surface area (Å²) in [6, 6.07) is 19.2. The van der Waals surface area contributed by atoms with Gasteiger partial charge >= 0.3 is 6.03 Å². The van der Waals surface area contributed by atoms with Crippen LogP contribution < -0.4 is 9.80 Å². The molecule has 2 unspecified atom stereocenters. The lowest BCUT2D eigenvalue weighted by atomic mass is 9.94. The number of anilines is 2. The van der Waals surface area contributed by atoms with Crippen LogP contribution in [0.3, 0.4) is 0 Å². The van der Waals surface area contributed by atoms with Gasteiger partial charge in [0.1, 0.15) is 0 Å². The van der Waals surface area contributed by atoms with Crippen LogP contribution in [-0.4, -0.2) is 17.2 Å². The maximum Gasteiger partial charge on any atom is 0.332 e. The van der Waals surface area contributed by atoms with Crippen molar-refractivity contribution >= 4 is 46.3 Å². The second kappa shape index (κ2) is 7.66. The molecule has 5 nitrogen and oxygen atoms in total. The van der Waals surface area contributed by atoms with Crippen molar-refractivity contribution in [3.8, 4) is 0 Å². The normalized spacial score (nSPS) is 21.0. The van der Waals surface area contributed by atoms with Crippen LogP contribution in [0, 0.1) is 6.57 Å². The molecule has 1 heterocycles. The molecule has 0 bridgehead atoms. The van der Waals surface area contributed by atoms with E-state index in [9.17, 15) is 9.90 Å². The van der Waals surface area contributed by atoms with Crippen molar-refractivity contribution in [2.75, 3.05) is 9.80 Å². The van der Waals surface area contributed by atoms with Gasteiger partial charge in [-0.3, -0.25) is 9.80 Å². The van der Waals surface area contributed by atoms with E-state index in [4.69, 9.17) is 29.8 Å². The van der Waals surface area contributed by atoms with Gasteiger partial charge in [-0.05, 0) is 67.1 Å². The smallest absolute Gasteiger partial charge is 0.332 e. The molecule has 2 amide bonds. The summed E-state index contributed by atoms with van der Waals surface area (Å²) in [7, 11) is 0. The summed E-state index contributed by atoms with van der Waals surface area (Å²) < 4.78 is 0. The van der Waals surface area contributed by atoms with Crippen LogP contribution in [0.2, 0.25) is 10.0 Å². The van der Waals surface area contributed by atoms with Gasteiger partial charge in [0.15, 0.2) is 11.4 Å². The lowest BCUT2D eigenvalue weighted by molar-refractivity contribution is 0.0373. The number of urea groups is 1. The van der Waals surface area contributed by atoms with Crippen LogP contribution in [-0.2, 0) is 5.72 Å². The van der Waals surface area contributed by atoms with E-state index in [0.717, 1.165) is 0 Å². The van der Waals surface area contributed by atoms with Crippen LogP contribution in [0.5, 0.6) is 0 Å². The Hall–Kier alpha value is -3.04. The van der Waals surface area contributed by atoms with Crippen LogP contribution in [0.25, 0.3) is 4.85 Å². The van der Waals surface area contributed by atoms with Crippen molar-refractivity contribution in [2.45, 2.75) is 18.7 Å². The lowest BCUT2D eigenvalue weighted by Gasteiger charge is -2.36. The van der Waals surface area contributed by atoms with Crippen molar-refractivity contribution < 1.29 is 9.90 Å². The number of aliphatic hydroxyl groups is 1. The van der Waals surface area contributed by atoms with E-state index in [1.165, 1.54) is 9.80 Å². The fourth-order valence-electron chi connectivity index (χ4n) is 3.79. The van der Waals surface area contributed by atoms with Gasteiger partial charge in [-0.15, -0.1) is 0 Å². The molecule has 1 N–H and O–H groups in total. The maximum absolute atomic E-state index is 13.6. The number of benzene rings is 3.